The summed E-state index contributed by atoms with van der Waals surface area (Å²) in [5.41, 5.74) is 1.03. The van der Waals surface area contributed by atoms with Gasteiger partial charge in [-0.25, -0.2) is 17.2 Å². The summed E-state index contributed by atoms with van der Waals surface area (Å²) >= 11 is 3.31. The van der Waals surface area contributed by atoms with Gasteiger partial charge in [0.05, 0.1) is 28.8 Å². The number of fused-ring (bicyclic) bond motifs is 1. The lowest BCUT2D eigenvalue weighted by Crippen LogP contribution is -2.16. The van der Waals surface area contributed by atoms with Gasteiger partial charge in [-0.15, -0.1) is 0 Å². The van der Waals surface area contributed by atoms with Crippen LogP contribution < -0.4 is 0 Å². The minimum atomic E-state index is -3.85. The molecule has 3 rings (SSSR count). The number of nitrogens with zero attached hydrogens (tertiary/aromatic N) is 1. The van der Waals surface area contributed by atoms with Gasteiger partial charge in [-0.1, -0.05) is 52.3 Å². The third-order valence-electron chi connectivity index (χ3n) is 3.72. The van der Waals surface area contributed by atoms with E-state index in [4.69, 9.17) is 4.74 Å². The molecular weight excluding hydrogens is 394 g/mol. The Morgan fingerprint density at radius 1 is 1.08 bits per heavy atom. The van der Waals surface area contributed by atoms with Gasteiger partial charge in [0.1, 0.15) is 0 Å². The van der Waals surface area contributed by atoms with Crippen LogP contribution in [0.3, 0.4) is 0 Å². The second-order valence-electron chi connectivity index (χ2n) is 5.05. The highest BCUT2D eigenvalue weighted by Crippen LogP contribution is 2.32. The minimum absolute atomic E-state index is 0.157. The number of aromatic nitrogens is 1. The van der Waals surface area contributed by atoms with Crippen LogP contribution in [0.2, 0.25) is 0 Å². The van der Waals surface area contributed by atoms with E-state index in [-0.39, 0.29) is 15.8 Å². The standard InChI is InChI=1S/C17H14BrNO4S/c1-23-17(20)16-13-9-5-6-10-14(13)19(15(16)11-18)24(21,22)12-7-3-2-4-8-12/h2-10H,11H2,1H3. The molecule has 0 aliphatic rings. The zero-order chi connectivity index (χ0) is 17.3. The zero-order valence-corrected chi connectivity index (χ0v) is 15.2. The van der Waals surface area contributed by atoms with Crippen molar-refractivity contribution >= 4 is 42.8 Å². The third kappa shape index (κ3) is 2.53. The van der Waals surface area contributed by atoms with E-state index >= 15 is 0 Å². The molecule has 0 atom stereocenters. The summed E-state index contributed by atoms with van der Waals surface area (Å²) in [6.45, 7) is 0. The van der Waals surface area contributed by atoms with Crippen molar-refractivity contribution in [2.75, 3.05) is 7.11 Å². The summed E-state index contributed by atoms with van der Waals surface area (Å²) in [4.78, 5) is 12.4. The normalized spacial score (nSPS) is 11.6. The first-order valence-electron chi connectivity index (χ1n) is 7.09. The molecule has 0 saturated heterocycles. The Morgan fingerprint density at radius 3 is 2.33 bits per heavy atom. The summed E-state index contributed by atoms with van der Waals surface area (Å²) in [7, 11) is -2.57. The molecule has 24 heavy (non-hydrogen) atoms. The van der Waals surface area contributed by atoms with E-state index in [2.05, 4.69) is 15.9 Å². The quantitative estimate of drug-likeness (QED) is 0.489. The van der Waals surface area contributed by atoms with Gasteiger partial charge in [0, 0.05) is 10.7 Å². The highest BCUT2D eigenvalue weighted by Gasteiger charge is 2.29. The maximum Gasteiger partial charge on any atom is 0.340 e. The van der Waals surface area contributed by atoms with Crippen LogP contribution in [-0.4, -0.2) is 25.5 Å². The molecule has 0 unspecified atom stereocenters. The number of ether oxygens (including phenoxy) is 1. The van der Waals surface area contributed by atoms with Crippen LogP contribution in [0.5, 0.6) is 0 Å². The second-order valence-corrected chi connectivity index (χ2v) is 7.39. The summed E-state index contributed by atoms with van der Waals surface area (Å²) in [6.07, 6.45) is 0. The fourth-order valence-electron chi connectivity index (χ4n) is 2.69. The highest BCUT2D eigenvalue weighted by molar-refractivity contribution is 9.08. The highest BCUT2D eigenvalue weighted by atomic mass is 79.9. The Labute approximate surface area is 148 Å². The number of methoxy groups -OCH3 is 1. The van der Waals surface area contributed by atoms with E-state index in [1.807, 2.05) is 0 Å². The predicted molar refractivity (Wildman–Crippen MR) is 94.9 cm³/mol. The Balaban J connectivity index is 2.43. The molecule has 1 heterocycles. The van der Waals surface area contributed by atoms with Gasteiger partial charge in [-0.05, 0) is 18.2 Å². The van der Waals surface area contributed by atoms with Gasteiger partial charge < -0.3 is 4.74 Å². The largest absolute Gasteiger partial charge is 0.465 e. The van der Waals surface area contributed by atoms with Crippen molar-refractivity contribution in [3.05, 3.63) is 65.9 Å². The van der Waals surface area contributed by atoms with Crippen molar-refractivity contribution in [1.29, 1.82) is 0 Å². The Bertz CT molecular complexity index is 1010. The Kier molecular flexibility index (Phi) is 4.47. The van der Waals surface area contributed by atoms with Crippen molar-refractivity contribution in [3.63, 3.8) is 0 Å². The number of hydrogen-bond donors (Lipinski definition) is 0. The first-order valence-corrected chi connectivity index (χ1v) is 9.65. The van der Waals surface area contributed by atoms with Crippen molar-refractivity contribution < 1.29 is 17.9 Å². The summed E-state index contributed by atoms with van der Waals surface area (Å²) < 4.78 is 32.3. The average Bonchev–Trinajstić information content (AvgIpc) is 2.96. The van der Waals surface area contributed by atoms with Crippen LogP contribution in [0, 0.1) is 0 Å². The number of alkyl halides is 1. The molecule has 5 nitrogen and oxygen atoms in total. The number of carbonyl (C=O) groups is 1. The van der Waals surface area contributed by atoms with Crippen LogP contribution in [0.4, 0.5) is 0 Å². The van der Waals surface area contributed by atoms with E-state index in [0.717, 1.165) is 0 Å². The van der Waals surface area contributed by atoms with E-state index < -0.39 is 16.0 Å². The fourth-order valence-corrected chi connectivity index (χ4v) is 4.96. The van der Waals surface area contributed by atoms with E-state index in [1.165, 1.54) is 23.2 Å². The lowest BCUT2D eigenvalue weighted by atomic mass is 10.1. The van der Waals surface area contributed by atoms with Gasteiger partial charge >= 0.3 is 5.97 Å². The second kappa shape index (κ2) is 6.41. The minimum Gasteiger partial charge on any atom is -0.465 e. The van der Waals surface area contributed by atoms with E-state index in [0.29, 0.717) is 16.6 Å². The molecule has 0 saturated carbocycles. The SMILES string of the molecule is COC(=O)c1c(CBr)n(S(=O)(=O)c2ccccc2)c2ccccc12. The molecule has 0 aliphatic heterocycles. The van der Waals surface area contributed by atoms with Crippen LogP contribution >= 0.6 is 15.9 Å². The smallest absolute Gasteiger partial charge is 0.340 e. The molecule has 7 heteroatoms. The fraction of sp³-hybridized carbons (Fsp3) is 0.118. The lowest BCUT2D eigenvalue weighted by Gasteiger charge is -2.11. The molecule has 2 aromatic carbocycles. The first-order chi connectivity index (χ1) is 11.5. The number of esters is 1. The van der Waals surface area contributed by atoms with Gasteiger partial charge in [0.2, 0.25) is 0 Å². The third-order valence-corrected chi connectivity index (χ3v) is 6.02. The number of benzene rings is 2. The molecule has 1 aromatic heterocycles. The Hall–Kier alpha value is -2.12. The first kappa shape index (κ1) is 16.7. The molecule has 124 valence electrons. The molecule has 0 bridgehead atoms. The topological polar surface area (TPSA) is 65.4 Å². The number of para-hydroxylation sites is 1. The molecule has 3 aromatic rings. The van der Waals surface area contributed by atoms with E-state index in [9.17, 15) is 13.2 Å². The van der Waals surface area contributed by atoms with Crippen molar-refractivity contribution in [2.24, 2.45) is 0 Å². The molecule has 0 amide bonds. The maximum atomic E-state index is 13.1. The van der Waals surface area contributed by atoms with Gasteiger partial charge in [0.15, 0.2) is 0 Å². The number of hydrogen-bond acceptors (Lipinski definition) is 4. The van der Waals surface area contributed by atoms with Crippen molar-refractivity contribution in [3.8, 4) is 0 Å². The molecular formula is C17H14BrNO4S. The molecule has 0 aliphatic carbocycles. The number of rotatable bonds is 4. The van der Waals surface area contributed by atoms with Crippen molar-refractivity contribution in [2.45, 2.75) is 10.2 Å². The monoisotopic (exact) mass is 407 g/mol. The van der Waals surface area contributed by atoms with Crippen LogP contribution in [0.25, 0.3) is 10.9 Å². The van der Waals surface area contributed by atoms with Gasteiger partial charge in [-0.2, -0.15) is 0 Å². The van der Waals surface area contributed by atoms with Crippen LogP contribution in [0.15, 0.2) is 59.5 Å². The van der Waals surface area contributed by atoms with Crippen LogP contribution in [0.1, 0.15) is 16.1 Å². The zero-order valence-electron chi connectivity index (χ0n) is 12.8. The van der Waals surface area contributed by atoms with E-state index in [1.54, 1.807) is 42.5 Å². The summed E-state index contributed by atoms with van der Waals surface area (Å²) in [6, 6.07) is 15.0. The number of carbonyl (C=O) groups excluding carboxylic acids is 1. The molecule has 0 fully saturated rings. The molecule has 0 spiro atoms. The molecule has 0 N–H and O–H groups in total. The summed E-state index contributed by atoms with van der Waals surface area (Å²) in [5, 5.41) is 0.733. The lowest BCUT2D eigenvalue weighted by molar-refractivity contribution is 0.0602. The van der Waals surface area contributed by atoms with Crippen molar-refractivity contribution in [1.82, 2.24) is 3.97 Å². The average molecular weight is 408 g/mol. The molecule has 0 radical (unpaired) electrons. The van der Waals surface area contributed by atoms with Crippen LogP contribution in [-0.2, 0) is 20.1 Å². The number of halogens is 1. The summed E-state index contributed by atoms with van der Waals surface area (Å²) in [5.74, 6) is -0.567. The predicted octanol–water partition coefficient (Wildman–Crippen LogP) is 3.56. The van der Waals surface area contributed by atoms with Gasteiger partial charge in [-0.3, -0.25) is 0 Å². The maximum absolute atomic E-state index is 13.1. The Morgan fingerprint density at radius 2 is 1.71 bits per heavy atom. The van der Waals surface area contributed by atoms with Gasteiger partial charge in [0.25, 0.3) is 10.0 Å².